The van der Waals surface area contributed by atoms with E-state index in [1.807, 2.05) is 0 Å². The van der Waals surface area contributed by atoms with Crippen molar-refractivity contribution in [2.24, 2.45) is 5.92 Å². The molecule has 2 rings (SSSR count). The normalized spacial score (nSPS) is 25.5. The van der Waals surface area contributed by atoms with Gasteiger partial charge in [0.05, 0.1) is 0 Å². The average Bonchev–Trinajstić information content (AvgIpc) is 2.21. The summed E-state index contributed by atoms with van der Waals surface area (Å²) in [5, 5.41) is 0. The average molecular weight is 162 g/mol. The smallest absolute Gasteiger partial charge is 0.0200 e. The predicted octanol–water partition coefficient (Wildman–Crippen LogP) is 3.84. The fraction of sp³-hybridized carbons (Fsp3) is 0.667. The summed E-state index contributed by atoms with van der Waals surface area (Å²) in [6.07, 6.45) is 16.8. The molecule has 1 fully saturated rings. The molecule has 0 amide bonds. The van der Waals surface area contributed by atoms with Crippen LogP contribution in [0.4, 0.5) is 0 Å². The second-order valence-corrected chi connectivity index (χ2v) is 4.04. The molecule has 0 saturated heterocycles. The Hall–Kier alpha value is -0.520. The molecule has 0 aliphatic heterocycles. The third-order valence-electron chi connectivity index (χ3n) is 3.18. The molecule has 1 saturated carbocycles. The van der Waals surface area contributed by atoms with Gasteiger partial charge in [-0.25, -0.2) is 0 Å². The van der Waals surface area contributed by atoms with Gasteiger partial charge in [0, 0.05) is 0 Å². The summed E-state index contributed by atoms with van der Waals surface area (Å²) in [5.41, 5.74) is 1.73. The van der Waals surface area contributed by atoms with Crippen LogP contribution >= 0.6 is 0 Å². The minimum atomic E-state index is 0.948. The molecule has 12 heavy (non-hydrogen) atoms. The van der Waals surface area contributed by atoms with Crippen LogP contribution in [-0.2, 0) is 0 Å². The molecule has 0 radical (unpaired) electrons. The molecule has 0 heteroatoms. The number of rotatable bonds is 1. The number of allylic oxidation sites excluding steroid dienone is 4. The molecule has 0 atom stereocenters. The molecule has 0 aromatic heterocycles. The van der Waals surface area contributed by atoms with Crippen molar-refractivity contribution in [3.8, 4) is 0 Å². The van der Waals surface area contributed by atoms with Gasteiger partial charge >= 0.3 is 0 Å². The van der Waals surface area contributed by atoms with Crippen LogP contribution in [0.15, 0.2) is 23.8 Å². The van der Waals surface area contributed by atoms with Gasteiger partial charge in [0.15, 0.2) is 0 Å². The fourth-order valence-corrected chi connectivity index (χ4v) is 2.43. The van der Waals surface area contributed by atoms with Gasteiger partial charge in [0.2, 0.25) is 0 Å². The van der Waals surface area contributed by atoms with Crippen molar-refractivity contribution in [1.29, 1.82) is 0 Å². The highest BCUT2D eigenvalue weighted by atomic mass is 14.2. The summed E-state index contributed by atoms with van der Waals surface area (Å²) in [6.45, 7) is 0. The Bertz CT molecular complexity index is 192. The van der Waals surface area contributed by atoms with Crippen molar-refractivity contribution >= 4 is 0 Å². The lowest BCUT2D eigenvalue weighted by Gasteiger charge is -2.25. The van der Waals surface area contributed by atoms with Crippen molar-refractivity contribution < 1.29 is 0 Å². The van der Waals surface area contributed by atoms with Crippen LogP contribution in [-0.4, -0.2) is 0 Å². The van der Waals surface area contributed by atoms with E-state index < -0.39 is 0 Å². The highest BCUT2D eigenvalue weighted by Gasteiger charge is 2.17. The van der Waals surface area contributed by atoms with E-state index in [2.05, 4.69) is 18.2 Å². The maximum absolute atomic E-state index is 2.36. The van der Waals surface area contributed by atoms with Gasteiger partial charge in [-0.05, 0) is 31.6 Å². The second kappa shape index (κ2) is 3.93. The summed E-state index contributed by atoms with van der Waals surface area (Å²) in [6, 6.07) is 0. The molecule has 0 aromatic carbocycles. The topological polar surface area (TPSA) is 0 Å². The first kappa shape index (κ1) is 8.10. The Balaban J connectivity index is 1.97. The van der Waals surface area contributed by atoms with Crippen LogP contribution < -0.4 is 0 Å². The summed E-state index contributed by atoms with van der Waals surface area (Å²) in [7, 11) is 0. The first-order valence-electron chi connectivity index (χ1n) is 5.32. The van der Waals surface area contributed by atoms with Crippen molar-refractivity contribution in [3.63, 3.8) is 0 Å². The third kappa shape index (κ3) is 1.80. The Morgan fingerprint density at radius 1 is 1.08 bits per heavy atom. The lowest BCUT2D eigenvalue weighted by molar-refractivity contribution is 0.394. The van der Waals surface area contributed by atoms with Crippen LogP contribution in [0, 0.1) is 5.92 Å². The molecule has 2 aliphatic rings. The first-order chi connectivity index (χ1) is 5.97. The maximum atomic E-state index is 2.36. The van der Waals surface area contributed by atoms with Crippen molar-refractivity contribution in [1.82, 2.24) is 0 Å². The minimum Gasteiger partial charge on any atom is -0.0842 e. The van der Waals surface area contributed by atoms with Gasteiger partial charge < -0.3 is 0 Å². The van der Waals surface area contributed by atoms with Crippen LogP contribution in [0.2, 0.25) is 0 Å². The lowest BCUT2D eigenvalue weighted by atomic mass is 9.81. The quantitative estimate of drug-likeness (QED) is 0.549. The molecule has 66 valence electrons. The number of hydrogen-bond acceptors (Lipinski definition) is 0. The summed E-state index contributed by atoms with van der Waals surface area (Å²) in [5.74, 6) is 0.948. The van der Waals surface area contributed by atoms with E-state index in [4.69, 9.17) is 0 Å². The van der Waals surface area contributed by atoms with E-state index in [1.54, 1.807) is 5.57 Å². The maximum Gasteiger partial charge on any atom is -0.0200 e. The van der Waals surface area contributed by atoms with Crippen LogP contribution in [0.25, 0.3) is 0 Å². The fourth-order valence-electron chi connectivity index (χ4n) is 2.43. The summed E-state index contributed by atoms with van der Waals surface area (Å²) >= 11 is 0. The van der Waals surface area contributed by atoms with Crippen LogP contribution in [0.5, 0.6) is 0 Å². The standard InChI is InChI=1S/C12H18/c1-3-7-11(8-4-1)12-9-5-2-6-10-12/h1,3,7,12H,2,4-6,8-10H2. The Morgan fingerprint density at radius 3 is 2.58 bits per heavy atom. The predicted molar refractivity (Wildman–Crippen MR) is 53.0 cm³/mol. The van der Waals surface area contributed by atoms with Gasteiger partial charge in [0.1, 0.15) is 0 Å². The largest absolute Gasteiger partial charge is 0.0842 e. The molecule has 0 bridgehead atoms. The molecule has 0 spiro atoms. The molecular weight excluding hydrogens is 144 g/mol. The molecule has 0 unspecified atom stereocenters. The second-order valence-electron chi connectivity index (χ2n) is 4.04. The summed E-state index contributed by atoms with van der Waals surface area (Å²) in [4.78, 5) is 0. The molecule has 0 nitrogen and oxygen atoms in total. The van der Waals surface area contributed by atoms with Crippen molar-refractivity contribution in [3.05, 3.63) is 23.8 Å². The van der Waals surface area contributed by atoms with E-state index in [1.165, 1.54) is 44.9 Å². The van der Waals surface area contributed by atoms with Crippen LogP contribution in [0.1, 0.15) is 44.9 Å². The van der Waals surface area contributed by atoms with E-state index in [9.17, 15) is 0 Å². The summed E-state index contributed by atoms with van der Waals surface area (Å²) < 4.78 is 0. The number of hydrogen-bond donors (Lipinski definition) is 0. The molecule has 0 N–H and O–H groups in total. The van der Waals surface area contributed by atoms with E-state index in [0.717, 1.165) is 5.92 Å². The first-order valence-corrected chi connectivity index (χ1v) is 5.32. The van der Waals surface area contributed by atoms with Crippen molar-refractivity contribution in [2.45, 2.75) is 44.9 Å². The van der Waals surface area contributed by atoms with E-state index in [-0.39, 0.29) is 0 Å². The zero-order valence-corrected chi connectivity index (χ0v) is 7.76. The minimum absolute atomic E-state index is 0.948. The van der Waals surface area contributed by atoms with Gasteiger partial charge in [-0.3, -0.25) is 0 Å². The monoisotopic (exact) mass is 162 g/mol. The molecule has 0 heterocycles. The van der Waals surface area contributed by atoms with Gasteiger partial charge in [-0.15, -0.1) is 0 Å². The molecule has 2 aliphatic carbocycles. The zero-order valence-electron chi connectivity index (χ0n) is 7.76. The Kier molecular flexibility index (Phi) is 2.65. The van der Waals surface area contributed by atoms with Crippen molar-refractivity contribution in [2.75, 3.05) is 0 Å². The molecule has 0 aromatic rings. The Labute approximate surface area is 75.4 Å². The van der Waals surface area contributed by atoms with Crippen LogP contribution in [0.3, 0.4) is 0 Å². The van der Waals surface area contributed by atoms with E-state index >= 15 is 0 Å². The van der Waals surface area contributed by atoms with Gasteiger partial charge in [0.25, 0.3) is 0 Å². The van der Waals surface area contributed by atoms with Gasteiger partial charge in [-0.1, -0.05) is 43.1 Å². The third-order valence-corrected chi connectivity index (χ3v) is 3.18. The Morgan fingerprint density at radius 2 is 1.92 bits per heavy atom. The zero-order chi connectivity index (χ0) is 8.23. The highest BCUT2D eigenvalue weighted by Crippen LogP contribution is 2.32. The van der Waals surface area contributed by atoms with Gasteiger partial charge in [-0.2, -0.15) is 0 Å². The van der Waals surface area contributed by atoms with E-state index in [0.29, 0.717) is 0 Å². The highest BCUT2D eigenvalue weighted by molar-refractivity contribution is 5.20. The lowest BCUT2D eigenvalue weighted by Crippen LogP contribution is -2.09. The molecular formula is C12H18. The SMILES string of the molecule is C1=CCCC(C2CCCCC2)=C1.